The molecule has 1 aliphatic rings. The number of hydrogen-bond acceptors (Lipinski definition) is 5. The quantitative estimate of drug-likeness (QED) is 0.767. The van der Waals surface area contributed by atoms with E-state index in [-0.39, 0.29) is 0 Å². The summed E-state index contributed by atoms with van der Waals surface area (Å²) in [6.45, 7) is 3.72. The fourth-order valence-electron chi connectivity index (χ4n) is 2.16. The molecule has 1 aromatic carbocycles. The summed E-state index contributed by atoms with van der Waals surface area (Å²) >= 11 is 0. The first-order valence-corrected chi connectivity index (χ1v) is 8.59. The largest absolute Gasteiger partial charge is 0.494 e. The Bertz CT molecular complexity index is 537. The first kappa shape index (κ1) is 16.2. The van der Waals surface area contributed by atoms with E-state index in [0.29, 0.717) is 36.9 Å². The zero-order valence-corrected chi connectivity index (χ0v) is 13.2. The topological polar surface area (TPSA) is 75.9 Å². The Balaban J connectivity index is 2.03. The van der Waals surface area contributed by atoms with Crippen molar-refractivity contribution in [2.24, 2.45) is 5.73 Å². The average molecular weight is 313 g/mol. The highest BCUT2D eigenvalue weighted by Crippen LogP contribution is 2.20. The van der Waals surface area contributed by atoms with Crippen LogP contribution >= 0.6 is 0 Å². The minimum Gasteiger partial charge on any atom is -0.494 e. The van der Waals surface area contributed by atoms with Gasteiger partial charge in [0.05, 0.1) is 11.5 Å². The van der Waals surface area contributed by atoms with Crippen LogP contribution in [0, 0.1) is 0 Å². The molecule has 0 aromatic heterocycles. The molecular weight excluding hydrogens is 290 g/mol. The number of ether oxygens (including phenoxy) is 1. The fourth-order valence-corrected chi connectivity index (χ4v) is 3.58. The lowest BCUT2D eigenvalue weighted by Crippen LogP contribution is -2.46. The van der Waals surface area contributed by atoms with Crippen molar-refractivity contribution >= 4 is 10.0 Å². The van der Waals surface area contributed by atoms with E-state index in [4.69, 9.17) is 10.5 Å². The van der Waals surface area contributed by atoms with Crippen molar-refractivity contribution in [1.82, 2.24) is 9.21 Å². The van der Waals surface area contributed by atoms with Crippen LogP contribution in [0.1, 0.15) is 6.42 Å². The van der Waals surface area contributed by atoms with Gasteiger partial charge in [-0.05, 0) is 44.3 Å². The van der Waals surface area contributed by atoms with Crippen molar-refractivity contribution in [1.29, 1.82) is 0 Å². The van der Waals surface area contributed by atoms with Gasteiger partial charge >= 0.3 is 0 Å². The summed E-state index contributed by atoms with van der Waals surface area (Å²) in [4.78, 5) is 2.44. The minimum absolute atomic E-state index is 0.318. The van der Waals surface area contributed by atoms with Crippen LogP contribution < -0.4 is 10.5 Å². The summed E-state index contributed by atoms with van der Waals surface area (Å²) in [5.41, 5.74) is 5.40. The molecule has 2 N–H and O–H groups in total. The summed E-state index contributed by atoms with van der Waals surface area (Å²) in [5, 5.41) is 0. The van der Waals surface area contributed by atoms with Crippen LogP contribution in [0.5, 0.6) is 5.75 Å². The van der Waals surface area contributed by atoms with Gasteiger partial charge in [-0.3, -0.25) is 0 Å². The molecule has 1 aliphatic heterocycles. The number of nitrogens with zero attached hydrogens (tertiary/aromatic N) is 2. The summed E-state index contributed by atoms with van der Waals surface area (Å²) in [6, 6.07) is 6.59. The zero-order valence-electron chi connectivity index (χ0n) is 12.4. The van der Waals surface area contributed by atoms with Gasteiger partial charge in [0.25, 0.3) is 0 Å². The third-order valence-electron chi connectivity index (χ3n) is 3.54. The molecular formula is C14H23N3O3S. The molecule has 1 fully saturated rings. The first-order chi connectivity index (χ1) is 10.0. The van der Waals surface area contributed by atoms with Crippen molar-refractivity contribution in [2.45, 2.75) is 11.3 Å². The number of sulfonamides is 1. The third kappa shape index (κ3) is 4.16. The smallest absolute Gasteiger partial charge is 0.243 e. The average Bonchev–Trinajstić information content (AvgIpc) is 2.48. The molecule has 1 aromatic rings. The number of piperazine rings is 1. The molecule has 0 unspecified atom stereocenters. The van der Waals surface area contributed by atoms with Crippen LogP contribution in [-0.4, -0.2) is 64.0 Å². The van der Waals surface area contributed by atoms with E-state index in [0.717, 1.165) is 19.5 Å². The molecule has 6 nitrogen and oxygen atoms in total. The lowest BCUT2D eigenvalue weighted by molar-refractivity contribution is 0.222. The Hall–Kier alpha value is -1.15. The van der Waals surface area contributed by atoms with E-state index < -0.39 is 10.0 Å². The summed E-state index contributed by atoms with van der Waals surface area (Å²) in [7, 11) is -1.40. The maximum absolute atomic E-state index is 12.5. The van der Waals surface area contributed by atoms with Gasteiger partial charge < -0.3 is 15.4 Å². The van der Waals surface area contributed by atoms with Crippen LogP contribution in [0.3, 0.4) is 0 Å². The van der Waals surface area contributed by atoms with Gasteiger partial charge in [-0.2, -0.15) is 4.31 Å². The Morgan fingerprint density at radius 2 is 1.76 bits per heavy atom. The molecule has 1 saturated heterocycles. The molecule has 0 aliphatic carbocycles. The standard InChI is InChI=1S/C14H23N3O3S/c1-16-8-10-17(11-9-16)21(18,19)14-5-3-13(4-6-14)20-12-2-7-15/h3-6H,2,7-12,15H2,1H3. The Labute approximate surface area is 126 Å². The molecule has 0 bridgehead atoms. The second kappa shape index (κ2) is 7.22. The Morgan fingerprint density at radius 3 is 2.33 bits per heavy atom. The number of benzene rings is 1. The number of likely N-dealkylation sites (N-methyl/N-ethyl adjacent to an activating group) is 1. The van der Waals surface area contributed by atoms with Crippen LogP contribution in [0.4, 0.5) is 0 Å². The van der Waals surface area contributed by atoms with Gasteiger partial charge in [-0.25, -0.2) is 8.42 Å². The maximum Gasteiger partial charge on any atom is 0.243 e. The van der Waals surface area contributed by atoms with Crippen molar-refractivity contribution in [3.63, 3.8) is 0 Å². The Morgan fingerprint density at radius 1 is 1.14 bits per heavy atom. The van der Waals surface area contributed by atoms with Gasteiger partial charge in [0.2, 0.25) is 10.0 Å². The van der Waals surface area contributed by atoms with Crippen molar-refractivity contribution in [3.8, 4) is 5.75 Å². The van der Waals surface area contributed by atoms with Gasteiger partial charge in [0.15, 0.2) is 0 Å². The minimum atomic E-state index is -3.40. The molecule has 0 atom stereocenters. The molecule has 7 heteroatoms. The van der Waals surface area contributed by atoms with Gasteiger partial charge in [0, 0.05) is 26.2 Å². The molecule has 0 spiro atoms. The van der Waals surface area contributed by atoms with Gasteiger partial charge in [0.1, 0.15) is 5.75 Å². The van der Waals surface area contributed by atoms with Crippen LogP contribution in [0.2, 0.25) is 0 Å². The second-order valence-corrected chi connectivity index (χ2v) is 7.11. The van der Waals surface area contributed by atoms with E-state index in [1.54, 1.807) is 24.3 Å². The lowest BCUT2D eigenvalue weighted by atomic mass is 10.3. The highest BCUT2D eigenvalue weighted by Gasteiger charge is 2.27. The summed E-state index contributed by atoms with van der Waals surface area (Å²) in [6.07, 6.45) is 0.779. The van der Waals surface area contributed by atoms with Gasteiger partial charge in [-0.15, -0.1) is 0 Å². The molecule has 0 amide bonds. The van der Waals surface area contributed by atoms with Crippen molar-refractivity contribution in [3.05, 3.63) is 24.3 Å². The predicted molar refractivity (Wildman–Crippen MR) is 81.9 cm³/mol. The summed E-state index contributed by atoms with van der Waals surface area (Å²) < 4.78 is 32.0. The SMILES string of the molecule is CN1CCN(S(=O)(=O)c2ccc(OCCCN)cc2)CC1. The van der Waals surface area contributed by atoms with E-state index in [1.165, 1.54) is 4.31 Å². The third-order valence-corrected chi connectivity index (χ3v) is 5.45. The molecule has 118 valence electrons. The predicted octanol–water partition coefficient (Wildman–Crippen LogP) is 0.350. The van der Waals surface area contributed by atoms with E-state index >= 15 is 0 Å². The highest BCUT2D eigenvalue weighted by atomic mass is 32.2. The first-order valence-electron chi connectivity index (χ1n) is 7.15. The van der Waals surface area contributed by atoms with E-state index in [1.807, 2.05) is 7.05 Å². The van der Waals surface area contributed by atoms with E-state index in [9.17, 15) is 8.42 Å². The molecule has 1 heterocycles. The number of rotatable bonds is 6. The molecule has 2 rings (SSSR count). The maximum atomic E-state index is 12.5. The molecule has 0 saturated carbocycles. The second-order valence-electron chi connectivity index (χ2n) is 5.17. The number of hydrogen-bond donors (Lipinski definition) is 1. The van der Waals surface area contributed by atoms with Crippen LogP contribution in [0.25, 0.3) is 0 Å². The summed E-state index contributed by atoms with van der Waals surface area (Å²) in [5.74, 6) is 0.667. The monoisotopic (exact) mass is 313 g/mol. The normalized spacial score (nSPS) is 17.8. The van der Waals surface area contributed by atoms with Crippen LogP contribution in [-0.2, 0) is 10.0 Å². The van der Waals surface area contributed by atoms with Crippen molar-refractivity contribution in [2.75, 3.05) is 46.4 Å². The lowest BCUT2D eigenvalue weighted by Gasteiger charge is -2.31. The van der Waals surface area contributed by atoms with Crippen molar-refractivity contribution < 1.29 is 13.2 Å². The van der Waals surface area contributed by atoms with Gasteiger partial charge in [-0.1, -0.05) is 0 Å². The number of nitrogens with two attached hydrogens (primary N) is 1. The zero-order chi connectivity index (χ0) is 15.3. The Kier molecular flexibility index (Phi) is 5.58. The van der Waals surface area contributed by atoms with Crippen LogP contribution in [0.15, 0.2) is 29.2 Å². The fraction of sp³-hybridized carbons (Fsp3) is 0.571. The molecule has 0 radical (unpaired) electrons. The highest BCUT2D eigenvalue weighted by molar-refractivity contribution is 7.89. The molecule has 21 heavy (non-hydrogen) atoms. The van der Waals surface area contributed by atoms with E-state index in [2.05, 4.69) is 4.90 Å².